The summed E-state index contributed by atoms with van der Waals surface area (Å²) in [5.74, 6) is -1.55. The van der Waals surface area contributed by atoms with Crippen LogP contribution in [0.1, 0.15) is 63.9 Å². The number of rotatable bonds is 15. The first-order chi connectivity index (χ1) is 23.1. The number of carbonyl (C=O) groups is 3. The van der Waals surface area contributed by atoms with Gasteiger partial charge in [-0.2, -0.15) is 0 Å². The number of unbranched alkanes of at least 4 members (excludes halogenated alkanes) is 2. The Kier molecular flexibility index (Phi) is 12.3. The van der Waals surface area contributed by atoms with Crippen molar-refractivity contribution in [3.63, 3.8) is 0 Å². The SMILES string of the molecule is CC/C(=C\c1cc(I)c(O)c(OC)c1)CC[C@H]1OB(O)C[C@H]2C1=C(COc1ccccc1)C[C@H]1C(=O)N(CCCCCC(=O)O)C(=O)[C@H]12. The summed E-state index contributed by atoms with van der Waals surface area (Å²) in [7, 11) is 0.441. The van der Waals surface area contributed by atoms with Crippen molar-refractivity contribution in [2.45, 2.75) is 70.7 Å². The molecule has 2 fully saturated rings. The Morgan fingerprint density at radius 1 is 1.10 bits per heavy atom. The average molecular weight is 771 g/mol. The van der Waals surface area contributed by atoms with Crippen LogP contribution in [-0.2, 0) is 19.0 Å². The highest BCUT2D eigenvalue weighted by Gasteiger charge is 2.57. The van der Waals surface area contributed by atoms with Gasteiger partial charge in [0.1, 0.15) is 12.4 Å². The number of imide groups is 1. The van der Waals surface area contributed by atoms with Gasteiger partial charge in [0, 0.05) is 13.0 Å². The number of aromatic hydroxyl groups is 1. The summed E-state index contributed by atoms with van der Waals surface area (Å²) in [5, 5.41) is 30.2. The lowest BCUT2D eigenvalue weighted by molar-refractivity contribution is -0.141. The maximum atomic E-state index is 13.9. The third-order valence-corrected chi connectivity index (χ3v) is 10.5. The van der Waals surface area contributed by atoms with E-state index in [0.717, 1.165) is 28.7 Å². The number of ether oxygens (including phenoxy) is 2. The molecule has 0 saturated carbocycles. The molecule has 256 valence electrons. The number of amides is 2. The predicted molar refractivity (Wildman–Crippen MR) is 189 cm³/mol. The minimum absolute atomic E-state index is 0.0594. The number of aliphatic carboxylic acids is 1. The van der Waals surface area contributed by atoms with E-state index in [4.69, 9.17) is 19.2 Å². The van der Waals surface area contributed by atoms with Crippen molar-refractivity contribution in [1.29, 1.82) is 0 Å². The number of nitrogens with zero attached hydrogens (tertiary/aromatic N) is 1. The van der Waals surface area contributed by atoms with Crippen molar-refractivity contribution in [2.75, 3.05) is 20.3 Å². The third kappa shape index (κ3) is 8.26. The van der Waals surface area contributed by atoms with E-state index >= 15 is 0 Å². The molecule has 0 bridgehead atoms. The van der Waals surface area contributed by atoms with E-state index in [9.17, 15) is 24.5 Å². The number of phenols is 1. The molecule has 0 aromatic heterocycles. The number of phenolic OH excluding ortho intramolecular Hbond substituents is 1. The fourth-order valence-corrected chi connectivity index (χ4v) is 7.95. The van der Waals surface area contributed by atoms with Crippen LogP contribution in [0.4, 0.5) is 0 Å². The fourth-order valence-electron chi connectivity index (χ4n) is 7.33. The molecular weight excluding hydrogens is 728 g/mol. The Morgan fingerprint density at radius 3 is 2.58 bits per heavy atom. The highest BCUT2D eigenvalue weighted by molar-refractivity contribution is 14.1. The summed E-state index contributed by atoms with van der Waals surface area (Å²) in [6, 6.07) is 13.2. The zero-order valence-electron chi connectivity index (χ0n) is 27.4. The smallest absolute Gasteiger partial charge is 0.455 e. The number of hydrogen-bond donors (Lipinski definition) is 3. The fraction of sp³-hybridized carbons (Fsp3) is 0.472. The van der Waals surface area contributed by atoms with Crippen LogP contribution in [0.3, 0.4) is 0 Å². The Hall–Kier alpha value is -3.36. The van der Waals surface area contributed by atoms with Crippen molar-refractivity contribution in [1.82, 2.24) is 4.90 Å². The van der Waals surface area contributed by atoms with Crippen LogP contribution in [0.5, 0.6) is 17.2 Å². The van der Waals surface area contributed by atoms with Gasteiger partial charge in [-0.3, -0.25) is 19.3 Å². The van der Waals surface area contributed by atoms with Gasteiger partial charge in [0.25, 0.3) is 0 Å². The maximum absolute atomic E-state index is 13.9. The summed E-state index contributed by atoms with van der Waals surface area (Å²) in [4.78, 5) is 39.9. The highest BCUT2D eigenvalue weighted by atomic mass is 127. The monoisotopic (exact) mass is 771 g/mol. The molecule has 12 heteroatoms. The highest BCUT2D eigenvalue weighted by Crippen LogP contribution is 2.51. The first kappa shape index (κ1) is 35.9. The van der Waals surface area contributed by atoms with E-state index in [1.54, 1.807) is 6.07 Å². The number of fused-ring (bicyclic) bond motifs is 3. The van der Waals surface area contributed by atoms with Crippen LogP contribution < -0.4 is 9.47 Å². The zero-order chi connectivity index (χ0) is 34.4. The number of likely N-dealkylation sites (tertiary alicyclic amines) is 1. The molecule has 0 unspecified atom stereocenters. The first-order valence-electron chi connectivity index (χ1n) is 16.7. The van der Waals surface area contributed by atoms with Gasteiger partial charge in [-0.15, -0.1) is 0 Å². The van der Waals surface area contributed by atoms with E-state index in [-0.39, 0.29) is 49.4 Å². The van der Waals surface area contributed by atoms with E-state index in [0.29, 0.717) is 53.6 Å². The average Bonchev–Trinajstić information content (AvgIpc) is 3.31. The van der Waals surface area contributed by atoms with E-state index in [2.05, 4.69) is 35.6 Å². The van der Waals surface area contributed by atoms with Gasteiger partial charge in [-0.05, 0) is 114 Å². The summed E-state index contributed by atoms with van der Waals surface area (Å²) < 4.78 is 18.4. The second kappa shape index (κ2) is 16.4. The van der Waals surface area contributed by atoms with Gasteiger partial charge >= 0.3 is 13.1 Å². The zero-order valence-corrected chi connectivity index (χ0v) is 29.6. The second-order valence-corrected chi connectivity index (χ2v) is 13.9. The number of allylic oxidation sites excluding steroid dienone is 1. The summed E-state index contributed by atoms with van der Waals surface area (Å²) in [5.41, 5.74) is 3.95. The number of hydrogen-bond acceptors (Lipinski definition) is 8. The van der Waals surface area contributed by atoms with Gasteiger partial charge in [-0.25, -0.2) is 0 Å². The predicted octanol–water partition coefficient (Wildman–Crippen LogP) is 6.10. The van der Waals surface area contributed by atoms with Gasteiger partial charge in [0.05, 0.1) is 28.6 Å². The molecule has 2 aliphatic heterocycles. The lowest BCUT2D eigenvalue weighted by Crippen LogP contribution is -2.46. The van der Waals surface area contributed by atoms with Crippen molar-refractivity contribution < 1.29 is 43.7 Å². The number of para-hydroxylation sites is 1. The topological polar surface area (TPSA) is 143 Å². The van der Waals surface area contributed by atoms with Crippen LogP contribution in [0.15, 0.2) is 59.2 Å². The van der Waals surface area contributed by atoms with Gasteiger partial charge in [-0.1, -0.05) is 43.2 Å². The Balaban J connectivity index is 1.40. The second-order valence-electron chi connectivity index (χ2n) is 12.7. The van der Waals surface area contributed by atoms with Crippen molar-refractivity contribution in [3.8, 4) is 17.2 Å². The number of carbonyl (C=O) groups excluding carboxylic acids is 2. The molecule has 2 aromatic carbocycles. The number of methoxy groups -OCH3 is 1. The first-order valence-corrected chi connectivity index (χ1v) is 17.7. The van der Waals surface area contributed by atoms with Crippen LogP contribution in [0, 0.1) is 21.3 Å². The molecule has 2 amide bonds. The molecule has 5 rings (SSSR count). The van der Waals surface area contributed by atoms with E-state index in [1.807, 2.05) is 36.4 Å². The molecule has 48 heavy (non-hydrogen) atoms. The molecular formula is C36H43BINO9. The Labute approximate surface area is 295 Å². The van der Waals surface area contributed by atoms with Crippen LogP contribution in [-0.4, -0.2) is 71.4 Å². The maximum Gasteiger partial charge on any atom is 0.455 e. The van der Waals surface area contributed by atoms with E-state index < -0.39 is 31.0 Å². The molecule has 3 N–H and O–H groups in total. The lowest BCUT2D eigenvalue weighted by atomic mass is 9.58. The Morgan fingerprint density at radius 2 is 1.88 bits per heavy atom. The van der Waals surface area contributed by atoms with Crippen molar-refractivity contribution in [3.05, 3.63) is 68.3 Å². The molecule has 0 radical (unpaired) electrons. The van der Waals surface area contributed by atoms with Crippen LogP contribution >= 0.6 is 22.6 Å². The number of benzene rings is 2. The normalized spacial score (nSPS) is 22.5. The van der Waals surface area contributed by atoms with Crippen LogP contribution in [0.2, 0.25) is 6.32 Å². The summed E-state index contributed by atoms with van der Waals surface area (Å²) in [6.45, 7) is 2.58. The lowest BCUT2D eigenvalue weighted by Gasteiger charge is -2.43. The van der Waals surface area contributed by atoms with Gasteiger partial charge in [0.15, 0.2) is 11.5 Å². The molecule has 1 aliphatic carbocycles. The summed E-state index contributed by atoms with van der Waals surface area (Å²) in [6.07, 6.45) is 5.93. The van der Waals surface area contributed by atoms with Gasteiger partial charge < -0.3 is 29.4 Å². The molecule has 3 aliphatic rings. The van der Waals surface area contributed by atoms with Crippen LogP contribution in [0.25, 0.3) is 6.08 Å². The third-order valence-electron chi connectivity index (χ3n) is 9.65. The summed E-state index contributed by atoms with van der Waals surface area (Å²) >= 11 is 2.08. The largest absolute Gasteiger partial charge is 0.504 e. The van der Waals surface area contributed by atoms with E-state index in [1.165, 1.54) is 12.0 Å². The number of halogens is 1. The molecule has 2 heterocycles. The molecule has 10 nitrogen and oxygen atoms in total. The standard InChI is InChI=1S/C36H43BINO9/c1-3-22(16-23-17-28(38)34(42)30(18-23)46-2)13-14-29-32-24(21-47-25-10-6-4-7-11-25)19-26-33(27(32)20-37(45)48-29)36(44)39(35(26)43)15-9-5-8-12-31(40)41/h4,6-7,10-11,16-18,26-27,29,33,42,45H,3,5,8-9,12-15,19-21H2,1-2H3,(H,40,41)/b22-16+/t26-,27+,29-,33-/m1/s1. The Bertz CT molecular complexity index is 1560. The van der Waals surface area contributed by atoms with Crippen molar-refractivity contribution >= 4 is 53.6 Å². The molecule has 2 saturated heterocycles. The molecule has 0 spiro atoms. The minimum atomic E-state index is -1.08. The number of carboxylic acids is 1. The minimum Gasteiger partial charge on any atom is -0.504 e. The quantitative estimate of drug-likeness (QED) is 0.0644. The molecule has 4 atom stereocenters. The molecule has 2 aromatic rings. The van der Waals surface area contributed by atoms with Gasteiger partial charge in [0.2, 0.25) is 11.8 Å². The number of carboxylic acid groups (broad SMARTS) is 1. The van der Waals surface area contributed by atoms with Crippen molar-refractivity contribution in [2.24, 2.45) is 17.8 Å².